The van der Waals surface area contributed by atoms with Crippen molar-refractivity contribution in [1.29, 1.82) is 0 Å². The van der Waals surface area contributed by atoms with E-state index in [1.165, 1.54) is 12.2 Å². The summed E-state index contributed by atoms with van der Waals surface area (Å²) in [7, 11) is 0. The molecule has 0 bridgehead atoms. The molecule has 0 fully saturated rings. The topological polar surface area (TPSA) is 0 Å². The lowest BCUT2D eigenvalue weighted by Gasteiger charge is -2.01. The van der Waals surface area contributed by atoms with Crippen molar-refractivity contribution in [2.24, 2.45) is 0 Å². The van der Waals surface area contributed by atoms with E-state index in [9.17, 15) is 8.78 Å². The van der Waals surface area contributed by atoms with E-state index in [1.807, 2.05) is 0 Å². The first-order valence-electron chi connectivity index (χ1n) is 2.44. The van der Waals surface area contributed by atoms with Gasteiger partial charge in [0.25, 0.3) is 5.92 Å². The van der Waals surface area contributed by atoms with Gasteiger partial charge in [-0.25, -0.2) is 0 Å². The van der Waals surface area contributed by atoms with Gasteiger partial charge >= 0.3 is 0 Å². The number of alkyl halides is 2. The molecule has 0 saturated carbocycles. The number of hydrogen-bond acceptors (Lipinski definition) is 0. The molecule has 0 aromatic rings. The van der Waals surface area contributed by atoms with E-state index in [-0.39, 0.29) is 0 Å². The molecule has 50 valence electrons. The van der Waals surface area contributed by atoms with Crippen molar-refractivity contribution in [2.75, 3.05) is 0 Å². The highest BCUT2D eigenvalue weighted by atomic mass is 19.3. The summed E-state index contributed by atoms with van der Waals surface area (Å²) in [5.74, 6) is -2.89. The smallest absolute Gasteiger partial charge is 0.197 e. The Bertz CT molecular complexity index is 134. The molecule has 2 heteroatoms. The molecule has 0 aromatic heterocycles. The first-order chi connectivity index (χ1) is 4.12. The maximum Gasteiger partial charge on any atom is 0.284 e. The van der Waals surface area contributed by atoms with Crippen LogP contribution in [0.3, 0.4) is 0 Å². The quantitative estimate of drug-likeness (QED) is 0.407. The van der Waals surface area contributed by atoms with Crippen LogP contribution in [0.4, 0.5) is 8.78 Å². The number of hydrogen-bond donors (Lipinski definition) is 0. The highest BCUT2D eigenvalue weighted by Gasteiger charge is 2.17. The molecule has 0 aromatic carbocycles. The Kier molecular flexibility index (Phi) is 2.85. The largest absolute Gasteiger partial charge is 0.284 e. The van der Waals surface area contributed by atoms with Crippen molar-refractivity contribution in [3.8, 4) is 0 Å². The maximum absolute atomic E-state index is 12.1. The van der Waals surface area contributed by atoms with Gasteiger partial charge < -0.3 is 0 Å². The monoisotopic (exact) mass is 130 g/mol. The Hall–Kier alpha value is -0.920. The normalized spacial score (nSPS) is 11.8. The Morgan fingerprint density at radius 2 is 1.78 bits per heavy atom. The van der Waals surface area contributed by atoms with Crippen LogP contribution in [0.15, 0.2) is 37.5 Å². The van der Waals surface area contributed by atoms with Crippen LogP contribution < -0.4 is 0 Å². The molecule has 0 atom stereocenters. The highest BCUT2D eigenvalue weighted by Crippen LogP contribution is 2.15. The van der Waals surface area contributed by atoms with Crippen molar-refractivity contribution in [3.63, 3.8) is 0 Å². The van der Waals surface area contributed by atoms with E-state index in [0.29, 0.717) is 6.08 Å². The van der Waals surface area contributed by atoms with E-state index in [4.69, 9.17) is 0 Å². The minimum atomic E-state index is -2.89. The van der Waals surface area contributed by atoms with Gasteiger partial charge in [0.05, 0.1) is 0 Å². The van der Waals surface area contributed by atoms with Crippen LogP contribution in [0.25, 0.3) is 0 Å². The predicted octanol–water partition coefficient (Wildman–Crippen LogP) is 2.55. The molecular weight excluding hydrogens is 122 g/mol. The van der Waals surface area contributed by atoms with Crippen LogP contribution in [0, 0.1) is 0 Å². The van der Waals surface area contributed by atoms with Gasteiger partial charge in [-0.3, -0.25) is 0 Å². The minimum absolute atomic E-state index is 0.576. The lowest BCUT2D eigenvalue weighted by atomic mass is 10.3. The summed E-state index contributed by atoms with van der Waals surface area (Å²) in [5, 5.41) is 0. The summed E-state index contributed by atoms with van der Waals surface area (Å²) >= 11 is 0. The standard InChI is InChI=1S/C7H8F2/c1-3-5-6-7(8,9)4-2/h3-6H,1-2H2/b6-5+. The average Bonchev–Trinajstić information content (AvgIpc) is 1.84. The first-order valence-corrected chi connectivity index (χ1v) is 2.44. The number of rotatable bonds is 3. The second-order valence-corrected chi connectivity index (χ2v) is 1.47. The molecule has 0 aliphatic heterocycles. The van der Waals surface area contributed by atoms with Crippen LogP contribution in [0.2, 0.25) is 0 Å². The summed E-state index contributed by atoms with van der Waals surface area (Å²) in [6.45, 7) is 6.19. The lowest BCUT2D eigenvalue weighted by Crippen LogP contribution is -2.05. The molecule has 0 rings (SSSR count). The van der Waals surface area contributed by atoms with Crippen LogP contribution in [-0.4, -0.2) is 5.92 Å². The fourth-order valence-electron chi connectivity index (χ4n) is 0.264. The Morgan fingerprint density at radius 3 is 2.11 bits per heavy atom. The zero-order chi connectivity index (χ0) is 7.33. The van der Waals surface area contributed by atoms with E-state index in [2.05, 4.69) is 13.2 Å². The van der Waals surface area contributed by atoms with E-state index in [0.717, 1.165) is 6.08 Å². The van der Waals surface area contributed by atoms with E-state index in [1.54, 1.807) is 0 Å². The lowest BCUT2D eigenvalue weighted by molar-refractivity contribution is 0.112. The van der Waals surface area contributed by atoms with Crippen molar-refractivity contribution in [2.45, 2.75) is 5.92 Å². The van der Waals surface area contributed by atoms with Gasteiger partial charge in [-0.15, -0.1) is 0 Å². The van der Waals surface area contributed by atoms with Gasteiger partial charge in [0, 0.05) is 0 Å². The number of allylic oxidation sites excluding steroid dienone is 4. The summed E-state index contributed by atoms with van der Waals surface area (Å²) in [6, 6.07) is 0. The molecule has 0 unspecified atom stereocenters. The van der Waals surface area contributed by atoms with Crippen LogP contribution in [0.5, 0.6) is 0 Å². The first kappa shape index (κ1) is 8.08. The van der Waals surface area contributed by atoms with Crippen LogP contribution in [0.1, 0.15) is 0 Å². The molecule has 0 radical (unpaired) electrons. The maximum atomic E-state index is 12.1. The second-order valence-electron chi connectivity index (χ2n) is 1.47. The van der Waals surface area contributed by atoms with Gasteiger partial charge in [0.1, 0.15) is 0 Å². The van der Waals surface area contributed by atoms with Gasteiger partial charge in [0.2, 0.25) is 0 Å². The van der Waals surface area contributed by atoms with Gasteiger partial charge in [-0.1, -0.05) is 25.3 Å². The molecule has 0 nitrogen and oxygen atoms in total. The highest BCUT2D eigenvalue weighted by molar-refractivity contribution is 5.09. The van der Waals surface area contributed by atoms with Crippen molar-refractivity contribution < 1.29 is 8.78 Å². The third kappa shape index (κ3) is 3.64. The zero-order valence-corrected chi connectivity index (χ0v) is 4.98. The van der Waals surface area contributed by atoms with Gasteiger partial charge in [-0.05, 0) is 12.2 Å². The molecule has 0 N–H and O–H groups in total. The van der Waals surface area contributed by atoms with Crippen molar-refractivity contribution in [1.82, 2.24) is 0 Å². The second kappa shape index (κ2) is 3.17. The van der Waals surface area contributed by atoms with Crippen molar-refractivity contribution >= 4 is 0 Å². The molecule has 0 aliphatic carbocycles. The van der Waals surface area contributed by atoms with Crippen LogP contribution >= 0.6 is 0 Å². The fraction of sp³-hybridized carbons (Fsp3) is 0.143. The molecule has 0 amide bonds. The molecule has 0 aliphatic rings. The van der Waals surface area contributed by atoms with Crippen molar-refractivity contribution in [3.05, 3.63) is 37.5 Å². The van der Waals surface area contributed by atoms with Gasteiger partial charge in [0.15, 0.2) is 0 Å². The third-order valence-corrected chi connectivity index (χ3v) is 0.727. The average molecular weight is 130 g/mol. The summed E-state index contributed by atoms with van der Waals surface area (Å²) in [4.78, 5) is 0. The molecule has 0 spiro atoms. The Morgan fingerprint density at radius 1 is 1.22 bits per heavy atom. The Balaban J connectivity index is 3.99. The third-order valence-electron chi connectivity index (χ3n) is 0.727. The molecular formula is C7H8F2. The fourth-order valence-corrected chi connectivity index (χ4v) is 0.264. The van der Waals surface area contributed by atoms with E-state index >= 15 is 0 Å². The van der Waals surface area contributed by atoms with E-state index < -0.39 is 5.92 Å². The minimum Gasteiger partial charge on any atom is -0.197 e. The number of halogens is 2. The SMILES string of the molecule is C=C/C=C/C(F)(F)C=C. The summed E-state index contributed by atoms with van der Waals surface area (Å²) in [6.07, 6.45) is 3.78. The molecule has 0 saturated heterocycles. The van der Waals surface area contributed by atoms with Gasteiger partial charge in [-0.2, -0.15) is 8.78 Å². The molecule has 0 heterocycles. The molecule has 9 heavy (non-hydrogen) atoms. The summed E-state index contributed by atoms with van der Waals surface area (Å²) in [5.41, 5.74) is 0. The zero-order valence-electron chi connectivity index (χ0n) is 4.98. The Labute approximate surface area is 53.2 Å². The summed E-state index contributed by atoms with van der Waals surface area (Å²) < 4.78 is 24.2. The van der Waals surface area contributed by atoms with Crippen LogP contribution in [-0.2, 0) is 0 Å². The predicted molar refractivity (Wildman–Crippen MR) is 34.5 cm³/mol.